The number of nitrogens with zero attached hydrogens (tertiary/aromatic N) is 2. The summed E-state index contributed by atoms with van der Waals surface area (Å²) in [5.74, 6) is -0.147. The third kappa shape index (κ3) is 5.27. The van der Waals surface area contributed by atoms with E-state index in [1.54, 1.807) is 0 Å². The van der Waals surface area contributed by atoms with E-state index in [1.807, 2.05) is 0 Å². The van der Waals surface area contributed by atoms with E-state index in [1.165, 1.54) is 17.0 Å². The van der Waals surface area contributed by atoms with Gasteiger partial charge in [-0.1, -0.05) is 6.08 Å². The van der Waals surface area contributed by atoms with Gasteiger partial charge in [0, 0.05) is 12.3 Å². The molecule has 106 valence electrons. The van der Waals surface area contributed by atoms with Crippen LogP contribution in [0.5, 0.6) is 0 Å². The van der Waals surface area contributed by atoms with Crippen LogP contribution in [-0.2, 0) is 6.54 Å². The quantitative estimate of drug-likeness (QED) is 0.628. The van der Waals surface area contributed by atoms with Crippen molar-refractivity contribution in [1.82, 2.24) is 9.78 Å². The zero-order chi connectivity index (χ0) is 14.5. The van der Waals surface area contributed by atoms with E-state index >= 15 is 0 Å². The van der Waals surface area contributed by atoms with Crippen LogP contribution < -0.4 is 10.9 Å². The van der Waals surface area contributed by atoms with Crippen molar-refractivity contribution < 1.29 is 13.2 Å². The van der Waals surface area contributed by atoms with Gasteiger partial charge in [0.25, 0.3) is 5.56 Å². The Morgan fingerprint density at radius 2 is 2.26 bits per heavy atom. The number of alkyl halides is 3. The van der Waals surface area contributed by atoms with Crippen molar-refractivity contribution in [3.05, 3.63) is 33.7 Å². The van der Waals surface area contributed by atoms with Crippen molar-refractivity contribution in [1.29, 1.82) is 0 Å². The number of halogens is 4. The van der Waals surface area contributed by atoms with Gasteiger partial charge in [0.2, 0.25) is 0 Å². The molecule has 1 rings (SSSR count). The Morgan fingerprint density at radius 1 is 1.58 bits per heavy atom. The van der Waals surface area contributed by atoms with E-state index in [0.29, 0.717) is 5.69 Å². The molecule has 0 saturated heterocycles. The zero-order valence-electron chi connectivity index (χ0n) is 9.71. The number of nitrogens with one attached hydrogen (secondary N) is 1. The monoisotopic (exact) mass is 357 g/mol. The summed E-state index contributed by atoms with van der Waals surface area (Å²) in [5.41, 5.74) is -4.24. The van der Waals surface area contributed by atoms with Gasteiger partial charge in [0.15, 0.2) is 0 Å². The lowest BCUT2D eigenvalue weighted by Crippen LogP contribution is -2.24. The predicted octanol–water partition coefficient (Wildman–Crippen LogP) is 2.86. The second-order valence-corrected chi connectivity index (χ2v) is 5.32. The molecule has 0 unspecified atom stereocenters. The molecule has 0 aliphatic heterocycles. The normalized spacial score (nSPS) is 11.4. The molecule has 1 aromatic heterocycles. The van der Waals surface area contributed by atoms with Crippen molar-refractivity contribution in [2.24, 2.45) is 0 Å². The second-order valence-electron chi connectivity index (χ2n) is 3.37. The minimum atomic E-state index is -4.25. The predicted molar refractivity (Wildman–Crippen MR) is 73.4 cm³/mol. The Hall–Kier alpha value is -0.960. The molecule has 9 heteroatoms. The van der Waals surface area contributed by atoms with Crippen LogP contribution in [0.4, 0.5) is 18.9 Å². The van der Waals surface area contributed by atoms with Gasteiger partial charge in [-0.05, 0) is 27.7 Å². The Kier molecular flexibility index (Phi) is 5.92. The van der Waals surface area contributed by atoms with Crippen molar-refractivity contribution in [3.63, 3.8) is 0 Å². The molecule has 0 bridgehead atoms. The third-order valence-corrected chi connectivity index (χ3v) is 3.47. The molecule has 0 amide bonds. The Bertz CT molecular complexity index is 504. The number of hydrogen-bond acceptors (Lipinski definition) is 4. The van der Waals surface area contributed by atoms with E-state index in [0.717, 1.165) is 0 Å². The summed E-state index contributed by atoms with van der Waals surface area (Å²) in [7, 11) is 0. The highest BCUT2D eigenvalue weighted by molar-refractivity contribution is 9.10. The molecule has 1 aromatic rings. The third-order valence-electron chi connectivity index (χ3n) is 1.97. The highest BCUT2D eigenvalue weighted by Crippen LogP contribution is 2.29. The van der Waals surface area contributed by atoms with Gasteiger partial charge < -0.3 is 5.32 Å². The number of rotatable bonds is 6. The van der Waals surface area contributed by atoms with Gasteiger partial charge >= 0.3 is 5.51 Å². The maximum Gasteiger partial charge on any atom is 0.441 e. The van der Waals surface area contributed by atoms with Gasteiger partial charge in [-0.15, -0.1) is 6.58 Å². The topological polar surface area (TPSA) is 46.9 Å². The summed E-state index contributed by atoms with van der Waals surface area (Å²) >= 11 is 2.97. The van der Waals surface area contributed by atoms with Crippen LogP contribution in [0.3, 0.4) is 0 Å². The molecule has 0 aliphatic carbocycles. The molecule has 0 fully saturated rings. The second kappa shape index (κ2) is 6.99. The first-order chi connectivity index (χ1) is 8.85. The summed E-state index contributed by atoms with van der Waals surface area (Å²) < 4.78 is 37.2. The van der Waals surface area contributed by atoms with E-state index in [-0.39, 0.29) is 40.6 Å². The maximum atomic E-state index is 11.9. The summed E-state index contributed by atoms with van der Waals surface area (Å²) in [5, 5.41) is 6.59. The van der Waals surface area contributed by atoms with Crippen LogP contribution in [0, 0.1) is 0 Å². The summed E-state index contributed by atoms with van der Waals surface area (Å²) in [6.07, 6.45) is 2.90. The first-order valence-electron chi connectivity index (χ1n) is 5.16. The van der Waals surface area contributed by atoms with Gasteiger partial charge in [-0.3, -0.25) is 4.79 Å². The minimum absolute atomic E-state index is 0.0787. The summed E-state index contributed by atoms with van der Waals surface area (Å²) in [6, 6.07) is 0. The fourth-order valence-electron chi connectivity index (χ4n) is 1.19. The number of aromatic nitrogens is 2. The van der Waals surface area contributed by atoms with Gasteiger partial charge in [-0.25, -0.2) is 4.68 Å². The minimum Gasteiger partial charge on any atom is -0.382 e. The molecule has 0 radical (unpaired) electrons. The summed E-state index contributed by atoms with van der Waals surface area (Å²) in [6.45, 7) is 3.84. The van der Waals surface area contributed by atoms with Gasteiger partial charge in [0.1, 0.15) is 4.47 Å². The molecule has 4 nitrogen and oxygen atoms in total. The molecular weight excluding hydrogens is 347 g/mol. The number of thioether (sulfide) groups is 1. The zero-order valence-corrected chi connectivity index (χ0v) is 12.1. The summed E-state index contributed by atoms with van der Waals surface area (Å²) in [4.78, 5) is 11.8. The van der Waals surface area contributed by atoms with Crippen LogP contribution in [0.2, 0.25) is 0 Å². The van der Waals surface area contributed by atoms with Crippen molar-refractivity contribution in [2.75, 3.05) is 17.6 Å². The van der Waals surface area contributed by atoms with E-state index in [9.17, 15) is 18.0 Å². The lowest BCUT2D eigenvalue weighted by Gasteiger charge is -2.10. The molecule has 1 N–H and O–H groups in total. The molecule has 0 spiro atoms. The molecular formula is C10H11BrF3N3OS. The van der Waals surface area contributed by atoms with Gasteiger partial charge in [-0.2, -0.15) is 18.3 Å². The largest absolute Gasteiger partial charge is 0.441 e. The van der Waals surface area contributed by atoms with E-state index < -0.39 is 5.51 Å². The highest BCUT2D eigenvalue weighted by atomic mass is 79.9. The number of anilines is 1. The lowest BCUT2D eigenvalue weighted by atomic mass is 10.4. The number of allylic oxidation sites excluding steroid dienone is 1. The lowest BCUT2D eigenvalue weighted by molar-refractivity contribution is -0.0327. The Labute approximate surface area is 120 Å². The van der Waals surface area contributed by atoms with Crippen LogP contribution in [0.1, 0.15) is 0 Å². The van der Waals surface area contributed by atoms with Crippen molar-refractivity contribution in [2.45, 2.75) is 12.1 Å². The van der Waals surface area contributed by atoms with E-state index in [2.05, 4.69) is 32.9 Å². The fourth-order valence-corrected chi connectivity index (χ4v) is 2.08. The average molecular weight is 358 g/mol. The Morgan fingerprint density at radius 3 is 2.84 bits per heavy atom. The molecule has 0 atom stereocenters. The SMILES string of the molecule is C=CCn1ncc(NCCSC(F)(F)F)c(Br)c1=O. The molecule has 1 heterocycles. The van der Waals surface area contributed by atoms with Crippen LogP contribution in [0.15, 0.2) is 28.1 Å². The van der Waals surface area contributed by atoms with Crippen LogP contribution >= 0.6 is 27.7 Å². The average Bonchev–Trinajstić information content (AvgIpc) is 2.32. The first-order valence-corrected chi connectivity index (χ1v) is 6.94. The van der Waals surface area contributed by atoms with Crippen LogP contribution in [0.25, 0.3) is 0 Å². The van der Waals surface area contributed by atoms with Crippen LogP contribution in [-0.4, -0.2) is 27.6 Å². The fraction of sp³-hybridized carbons (Fsp3) is 0.400. The Balaban J connectivity index is 2.63. The van der Waals surface area contributed by atoms with Crippen molar-refractivity contribution >= 4 is 33.4 Å². The smallest absolute Gasteiger partial charge is 0.382 e. The highest BCUT2D eigenvalue weighted by Gasteiger charge is 2.27. The maximum absolute atomic E-state index is 11.9. The number of hydrogen-bond donors (Lipinski definition) is 1. The first kappa shape index (κ1) is 16.1. The standard InChI is InChI=1S/C10H11BrF3N3OS/c1-2-4-17-9(18)8(11)7(6-16-17)15-3-5-19-10(12,13)14/h2,6,15H,1,3-5H2. The molecule has 0 saturated carbocycles. The van der Waals surface area contributed by atoms with Crippen molar-refractivity contribution in [3.8, 4) is 0 Å². The molecule has 19 heavy (non-hydrogen) atoms. The van der Waals surface area contributed by atoms with E-state index in [4.69, 9.17) is 0 Å². The molecule has 0 aliphatic rings. The molecule has 0 aromatic carbocycles. The van der Waals surface area contributed by atoms with Gasteiger partial charge in [0.05, 0.1) is 18.4 Å².